The van der Waals surface area contributed by atoms with Crippen molar-refractivity contribution in [2.45, 2.75) is 20.3 Å². The second-order valence-corrected chi connectivity index (χ2v) is 5.94. The molecule has 0 atom stereocenters. The summed E-state index contributed by atoms with van der Waals surface area (Å²) in [6.45, 7) is 4.13. The van der Waals surface area contributed by atoms with Crippen LogP contribution in [0.15, 0.2) is 42.1 Å². The van der Waals surface area contributed by atoms with Crippen molar-refractivity contribution < 1.29 is 4.79 Å². The first-order chi connectivity index (χ1) is 11.6. The monoisotopic (exact) mass is 319 g/mol. The molecule has 3 N–H and O–H groups in total. The number of carbonyl (C=O) groups is 1. The first kappa shape index (κ1) is 14.4. The number of aromatic nitrogens is 4. The number of anilines is 1. The number of aromatic amines is 2. The van der Waals surface area contributed by atoms with Crippen molar-refractivity contribution in [3.05, 3.63) is 53.3 Å². The highest BCUT2D eigenvalue weighted by Gasteiger charge is 2.17. The van der Waals surface area contributed by atoms with E-state index in [-0.39, 0.29) is 5.91 Å². The van der Waals surface area contributed by atoms with E-state index in [1.165, 1.54) is 11.1 Å². The Morgan fingerprint density at radius 2 is 2.08 bits per heavy atom. The minimum atomic E-state index is -0.144. The lowest BCUT2D eigenvalue weighted by Crippen LogP contribution is -2.12. The number of carbonyl (C=O) groups excluding carboxylic acids is 1. The Balaban J connectivity index is 1.69. The summed E-state index contributed by atoms with van der Waals surface area (Å²) >= 11 is 0. The molecule has 0 unspecified atom stereocenters. The Hall–Kier alpha value is -3.15. The number of nitrogens with zero attached hydrogens (tertiary/aromatic N) is 2. The van der Waals surface area contributed by atoms with Gasteiger partial charge in [-0.3, -0.25) is 9.89 Å². The summed E-state index contributed by atoms with van der Waals surface area (Å²) < 4.78 is 0. The molecule has 0 radical (unpaired) electrons. The summed E-state index contributed by atoms with van der Waals surface area (Å²) in [6, 6.07) is 4.11. The Morgan fingerprint density at radius 3 is 2.88 bits per heavy atom. The van der Waals surface area contributed by atoms with E-state index in [2.05, 4.69) is 45.4 Å². The molecule has 1 aliphatic carbocycles. The van der Waals surface area contributed by atoms with Gasteiger partial charge in [0, 0.05) is 11.8 Å². The van der Waals surface area contributed by atoms with E-state index in [1.807, 2.05) is 24.3 Å². The van der Waals surface area contributed by atoms with E-state index in [0.29, 0.717) is 22.8 Å². The van der Waals surface area contributed by atoms with Gasteiger partial charge in [0.25, 0.3) is 5.91 Å². The molecule has 0 bridgehead atoms. The minimum absolute atomic E-state index is 0.144. The molecule has 6 nitrogen and oxygen atoms in total. The molecule has 4 rings (SSSR count). The summed E-state index contributed by atoms with van der Waals surface area (Å²) in [4.78, 5) is 20.1. The molecule has 120 valence electrons. The normalized spacial score (nSPS) is 13.5. The maximum atomic E-state index is 12.3. The van der Waals surface area contributed by atoms with Crippen molar-refractivity contribution in [3.63, 3.8) is 0 Å². The molecule has 2 aromatic heterocycles. The van der Waals surface area contributed by atoms with E-state index >= 15 is 0 Å². The molecule has 1 amide bonds. The Bertz CT molecular complexity index is 967. The number of allylic oxidation sites excluding steroid dienone is 2. The van der Waals surface area contributed by atoms with Crippen molar-refractivity contribution in [1.29, 1.82) is 0 Å². The number of benzene rings is 1. The predicted molar refractivity (Wildman–Crippen MR) is 93.6 cm³/mol. The number of rotatable bonds is 3. The molecule has 3 aromatic rings. The lowest BCUT2D eigenvalue weighted by Gasteiger charge is -2.03. The molecular weight excluding hydrogens is 302 g/mol. The maximum Gasteiger partial charge on any atom is 0.255 e. The number of H-pyrrole nitrogens is 2. The molecule has 24 heavy (non-hydrogen) atoms. The summed E-state index contributed by atoms with van der Waals surface area (Å²) in [7, 11) is 0. The Kier molecular flexibility index (Phi) is 3.30. The fraction of sp³-hybridized carbons (Fsp3) is 0.167. The van der Waals surface area contributed by atoms with Crippen molar-refractivity contribution in [2.75, 3.05) is 5.32 Å². The fourth-order valence-corrected chi connectivity index (χ4v) is 2.77. The third-order valence-corrected chi connectivity index (χ3v) is 4.24. The van der Waals surface area contributed by atoms with Crippen LogP contribution < -0.4 is 5.32 Å². The predicted octanol–water partition coefficient (Wildman–Crippen LogP) is 3.39. The maximum absolute atomic E-state index is 12.3. The number of imidazole rings is 1. The zero-order chi connectivity index (χ0) is 16.7. The Morgan fingerprint density at radius 1 is 1.25 bits per heavy atom. The van der Waals surface area contributed by atoms with Crippen molar-refractivity contribution in [2.24, 2.45) is 0 Å². The highest BCUT2D eigenvalue weighted by Crippen LogP contribution is 2.27. The number of hydrogen-bond donors (Lipinski definition) is 3. The van der Waals surface area contributed by atoms with Gasteiger partial charge in [0.05, 0.1) is 16.7 Å². The topological polar surface area (TPSA) is 86.5 Å². The van der Waals surface area contributed by atoms with E-state index in [0.717, 1.165) is 17.5 Å². The van der Waals surface area contributed by atoms with Crippen LogP contribution in [-0.4, -0.2) is 26.1 Å². The standard InChI is InChI=1S/C18H17N5O/c1-10-7-13-14(8-11(10)2)21-17(20-13)16-15(9-19-23-16)22-18(24)12-5-3-4-6-12/h3,5-9H,4H2,1-2H3,(H,19,23)(H,20,21)(H,22,24). The SMILES string of the molecule is Cc1cc2nc(-c3n[nH]cc3NC(=O)C3=CCC=C3)[nH]c2cc1C. The third-order valence-electron chi connectivity index (χ3n) is 4.24. The van der Waals surface area contributed by atoms with Crippen molar-refractivity contribution in [1.82, 2.24) is 20.2 Å². The smallest absolute Gasteiger partial charge is 0.255 e. The molecule has 0 fully saturated rings. The number of fused-ring (bicyclic) bond motifs is 1. The molecule has 6 heteroatoms. The van der Waals surface area contributed by atoms with Gasteiger partial charge in [0.2, 0.25) is 0 Å². The van der Waals surface area contributed by atoms with Crippen LogP contribution in [-0.2, 0) is 4.79 Å². The quantitative estimate of drug-likeness (QED) is 0.691. The molecule has 0 saturated heterocycles. The molecule has 0 saturated carbocycles. The molecule has 0 spiro atoms. The molecule has 0 aliphatic heterocycles. The van der Waals surface area contributed by atoms with Crippen LogP contribution in [0.3, 0.4) is 0 Å². The van der Waals surface area contributed by atoms with Crippen LogP contribution >= 0.6 is 0 Å². The Labute approximate surface area is 138 Å². The molecule has 2 heterocycles. The largest absolute Gasteiger partial charge is 0.337 e. The van der Waals surface area contributed by atoms with Crippen LogP contribution in [0.4, 0.5) is 5.69 Å². The average Bonchev–Trinajstić information content (AvgIpc) is 3.26. The zero-order valence-electron chi connectivity index (χ0n) is 13.5. The van der Waals surface area contributed by atoms with Crippen LogP contribution in [0.1, 0.15) is 17.5 Å². The van der Waals surface area contributed by atoms with Crippen molar-refractivity contribution >= 4 is 22.6 Å². The van der Waals surface area contributed by atoms with Gasteiger partial charge in [-0.2, -0.15) is 5.10 Å². The second-order valence-electron chi connectivity index (χ2n) is 5.94. The van der Waals surface area contributed by atoms with Gasteiger partial charge in [0.15, 0.2) is 11.5 Å². The molecular formula is C18H17N5O. The van der Waals surface area contributed by atoms with Gasteiger partial charge < -0.3 is 10.3 Å². The number of aryl methyl sites for hydroxylation is 2. The molecule has 1 aromatic carbocycles. The fourth-order valence-electron chi connectivity index (χ4n) is 2.77. The van der Waals surface area contributed by atoms with Gasteiger partial charge in [-0.05, 0) is 43.5 Å². The lowest BCUT2D eigenvalue weighted by atomic mass is 10.1. The van der Waals surface area contributed by atoms with Gasteiger partial charge in [-0.1, -0.05) is 18.2 Å². The van der Waals surface area contributed by atoms with E-state index in [1.54, 1.807) is 6.20 Å². The van der Waals surface area contributed by atoms with Crippen LogP contribution in [0, 0.1) is 13.8 Å². The highest BCUT2D eigenvalue weighted by molar-refractivity contribution is 6.07. The average molecular weight is 319 g/mol. The van der Waals surface area contributed by atoms with Gasteiger partial charge in [-0.15, -0.1) is 0 Å². The first-order valence-electron chi connectivity index (χ1n) is 7.81. The molecule has 1 aliphatic rings. The number of amides is 1. The summed E-state index contributed by atoms with van der Waals surface area (Å²) in [5, 5.41) is 9.92. The lowest BCUT2D eigenvalue weighted by molar-refractivity contribution is -0.112. The summed E-state index contributed by atoms with van der Waals surface area (Å²) in [5.74, 6) is 0.483. The zero-order valence-corrected chi connectivity index (χ0v) is 13.5. The third kappa shape index (κ3) is 2.42. The van der Waals surface area contributed by atoms with E-state index in [9.17, 15) is 4.79 Å². The minimum Gasteiger partial charge on any atom is -0.337 e. The summed E-state index contributed by atoms with van der Waals surface area (Å²) in [5.41, 5.74) is 6.10. The second kappa shape index (κ2) is 5.49. The van der Waals surface area contributed by atoms with Gasteiger partial charge in [-0.25, -0.2) is 4.98 Å². The van der Waals surface area contributed by atoms with Gasteiger partial charge in [0.1, 0.15) is 0 Å². The van der Waals surface area contributed by atoms with Crippen LogP contribution in [0.25, 0.3) is 22.6 Å². The van der Waals surface area contributed by atoms with Gasteiger partial charge >= 0.3 is 0 Å². The number of nitrogens with one attached hydrogen (secondary N) is 3. The van der Waals surface area contributed by atoms with Crippen molar-refractivity contribution in [3.8, 4) is 11.5 Å². The highest BCUT2D eigenvalue weighted by atomic mass is 16.1. The summed E-state index contributed by atoms with van der Waals surface area (Å²) in [6.07, 6.45) is 8.12. The first-order valence-corrected chi connectivity index (χ1v) is 7.81. The van der Waals surface area contributed by atoms with E-state index in [4.69, 9.17) is 0 Å². The number of hydrogen-bond acceptors (Lipinski definition) is 3. The van der Waals surface area contributed by atoms with Crippen LogP contribution in [0.2, 0.25) is 0 Å². The van der Waals surface area contributed by atoms with E-state index < -0.39 is 0 Å². The van der Waals surface area contributed by atoms with Crippen LogP contribution in [0.5, 0.6) is 0 Å².